The number of aryl methyl sites for hydroxylation is 2. The lowest BCUT2D eigenvalue weighted by molar-refractivity contribution is -0.141. The van der Waals surface area contributed by atoms with Crippen LogP contribution in [0.25, 0.3) is 43.2 Å². The highest BCUT2D eigenvalue weighted by atomic mass is 35.5. The lowest BCUT2D eigenvalue weighted by Gasteiger charge is -2.35. The van der Waals surface area contributed by atoms with Crippen molar-refractivity contribution in [3.63, 3.8) is 0 Å². The number of ether oxygens (including phenoxy) is 3. The predicted octanol–water partition coefficient (Wildman–Crippen LogP) is 7.91. The number of phenols is 1. The molecule has 9 rings (SSSR count). The van der Waals surface area contributed by atoms with E-state index >= 15 is 4.39 Å². The second-order valence-corrected chi connectivity index (χ2v) is 22.5. The predicted molar refractivity (Wildman–Crippen MR) is 315 cm³/mol. The number of rotatable bonds is 24. The van der Waals surface area contributed by atoms with E-state index in [1.807, 2.05) is 74.2 Å². The van der Waals surface area contributed by atoms with Crippen LogP contribution in [-0.4, -0.2) is 173 Å². The molecule has 0 radical (unpaired) electrons. The summed E-state index contributed by atoms with van der Waals surface area (Å²) in [6.45, 7) is 12.6. The zero-order valence-corrected chi connectivity index (χ0v) is 49.0. The minimum absolute atomic E-state index is 0.00584. The molecule has 20 nitrogen and oxygen atoms in total. The fourth-order valence-electron chi connectivity index (χ4n) is 10.6. The molecule has 4 atom stereocenters. The molecule has 5 heterocycles. The molecule has 2 aliphatic heterocycles. The van der Waals surface area contributed by atoms with Gasteiger partial charge in [0.2, 0.25) is 29.6 Å². The normalized spacial score (nSPS) is 16.2. The monoisotopic (exact) mass is 1180 g/mol. The van der Waals surface area contributed by atoms with E-state index in [1.165, 1.54) is 17.9 Å². The van der Waals surface area contributed by atoms with Crippen molar-refractivity contribution in [3.05, 3.63) is 112 Å². The third kappa shape index (κ3) is 14.4. The molecule has 4 amide bonds. The Balaban J connectivity index is 0.750. The van der Waals surface area contributed by atoms with Gasteiger partial charge < -0.3 is 59.2 Å². The van der Waals surface area contributed by atoms with E-state index in [1.54, 1.807) is 58.8 Å². The van der Waals surface area contributed by atoms with Crippen LogP contribution >= 0.6 is 22.9 Å². The van der Waals surface area contributed by atoms with Gasteiger partial charge in [0.15, 0.2) is 5.82 Å². The number of likely N-dealkylation sites (N-methyl/N-ethyl adjacent to an activating group) is 1. The van der Waals surface area contributed by atoms with Gasteiger partial charge in [-0.3, -0.25) is 19.2 Å². The highest BCUT2D eigenvalue weighted by molar-refractivity contribution is 7.13. The Labute approximate surface area is 489 Å². The molecule has 83 heavy (non-hydrogen) atoms. The summed E-state index contributed by atoms with van der Waals surface area (Å²) in [6.07, 6.45) is -0.732. The van der Waals surface area contributed by atoms with Gasteiger partial charge in [0.25, 0.3) is 0 Å². The largest absolute Gasteiger partial charge is 0.508 e. The van der Waals surface area contributed by atoms with Gasteiger partial charge in [-0.15, -0.1) is 11.3 Å². The van der Waals surface area contributed by atoms with Crippen LogP contribution in [0.1, 0.15) is 68.3 Å². The number of aromatic nitrogens is 4. The van der Waals surface area contributed by atoms with Gasteiger partial charge in [-0.1, -0.05) is 79.1 Å². The Hall–Kier alpha value is -7.34. The number of amides is 4. The van der Waals surface area contributed by atoms with Gasteiger partial charge in [-0.05, 0) is 65.4 Å². The molecule has 3 aromatic heterocycles. The number of benzene rings is 4. The molecule has 2 fully saturated rings. The summed E-state index contributed by atoms with van der Waals surface area (Å²) in [5.41, 5.74) is 5.62. The second kappa shape index (κ2) is 27.4. The molecular weight excluding hydrogens is 1110 g/mol. The number of thiazole rings is 1. The van der Waals surface area contributed by atoms with Gasteiger partial charge in [0, 0.05) is 89.6 Å². The van der Waals surface area contributed by atoms with Crippen molar-refractivity contribution < 1.29 is 52.5 Å². The number of piperazine rings is 1. The quantitative estimate of drug-likeness (QED) is 0.0421. The van der Waals surface area contributed by atoms with Gasteiger partial charge in [-0.2, -0.15) is 4.98 Å². The molecule has 440 valence electrons. The van der Waals surface area contributed by atoms with Gasteiger partial charge >= 0.3 is 0 Å². The third-order valence-corrected chi connectivity index (χ3v) is 16.3. The van der Waals surface area contributed by atoms with Crippen LogP contribution in [0.15, 0.2) is 82.8 Å². The Morgan fingerprint density at radius 2 is 1.65 bits per heavy atom. The molecular formula is C60H70ClFN10O10S. The van der Waals surface area contributed by atoms with Crippen LogP contribution < -0.4 is 15.5 Å². The summed E-state index contributed by atoms with van der Waals surface area (Å²) >= 11 is 8.44. The summed E-state index contributed by atoms with van der Waals surface area (Å²) in [4.78, 5) is 75.3. The number of halogens is 2. The third-order valence-electron chi connectivity index (χ3n) is 15.0. The summed E-state index contributed by atoms with van der Waals surface area (Å²) < 4.78 is 40.2. The van der Waals surface area contributed by atoms with Crippen LogP contribution in [0.2, 0.25) is 5.02 Å². The van der Waals surface area contributed by atoms with Crippen molar-refractivity contribution in [2.75, 3.05) is 103 Å². The maximum absolute atomic E-state index is 17.0. The van der Waals surface area contributed by atoms with Crippen molar-refractivity contribution in [1.29, 1.82) is 0 Å². The Morgan fingerprint density at radius 3 is 2.34 bits per heavy atom. The number of carbonyl (C=O) groups excluding carboxylic acids is 4. The number of likely N-dealkylation sites (tertiary alicyclic amines) is 1. The molecule has 7 aromatic rings. The van der Waals surface area contributed by atoms with Crippen LogP contribution in [0.4, 0.5) is 16.2 Å². The van der Waals surface area contributed by atoms with E-state index in [2.05, 4.69) is 25.8 Å². The van der Waals surface area contributed by atoms with Crippen molar-refractivity contribution in [1.82, 2.24) is 40.1 Å². The lowest BCUT2D eigenvalue weighted by atomic mass is 9.91. The number of β-amino-alcohol motifs (C(OH)–C–C–N with tert-alkyl or cyclic N) is 1. The van der Waals surface area contributed by atoms with E-state index in [4.69, 9.17) is 35.3 Å². The first-order valence-electron chi connectivity index (χ1n) is 27.8. The molecule has 0 saturated carbocycles. The molecule has 4 N–H and O–H groups in total. The summed E-state index contributed by atoms with van der Waals surface area (Å²) in [5.74, 6) is -1.58. The van der Waals surface area contributed by atoms with Crippen molar-refractivity contribution in [2.45, 2.75) is 71.6 Å². The van der Waals surface area contributed by atoms with Crippen LogP contribution in [0, 0.1) is 25.6 Å². The number of carbonyl (C=O) groups is 4. The molecule has 4 aromatic carbocycles. The van der Waals surface area contributed by atoms with Crippen LogP contribution in [0.3, 0.4) is 0 Å². The van der Waals surface area contributed by atoms with E-state index < -0.39 is 35.8 Å². The van der Waals surface area contributed by atoms with Crippen molar-refractivity contribution >= 4 is 80.0 Å². The molecule has 23 heteroatoms. The molecule has 0 bridgehead atoms. The van der Waals surface area contributed by atoms with Crippen molar-refractivity contribution in [2.24, 2.45) is 5.92 Å². The number of anilines is 2. The van der Waals surface area contributed by atoms with E-state index in [-0.39, 0.29) is 117 Å². The molecule has 0 spiro atoms. The Kier molecular flexibility index (Phi) is 19.9. The number of hydrogen-bond donors (Lipinski definition) is 4. The molecule has 2 unspecified atom stereocenters. The molecule has 0 aliphatic carbocycles. The first-order chi connectivity index (χ1) is 39.9. The number of nitrogens with one attached hydrogen (secondary N) is 2. The summed E-state index contributed by atoms with van der Waals surface area (Å²) in [6, 6.07) is 20.0. The average Bonchev–Trinajstić information content (AvgIpc) is 4.03. The van der Waals surface area contributed by atoms with E-state index in [0.717, 1.165) is 21.7 Å². The molecule has 2 saturated heterocycles. The topological polar surface area (TPSA) is 238 Å². The molecule has 2 aliphatic rings. The number of phenolic OH excluding ortho intramolecular Hbond substituents is 1. The zero-order valence-electron chi connectivity index (χ0n) is 47.4. The Bertz CT molecular complexity index is 3430. The Morgan fingerprint density at radius 1 is 0.928 bits per heavy atom. The van der Waals surface area contributed by atoms with E-state index in [0.29, 0.717) is 71.7 Å². The second-order valence-electron chi connectivity index (χ2n) is 21.3. The van der Waals surface area contributed by atoms with Crippen LogP contribution in [0.5, 0.6) is 5.75 Å². The fraction of sp³-hybridized carbons (Fsp3) is 0.433. The minimum Gasteiger partial charge on any atom is -0.508 e. The number of aromatic hydroxyl groups is 1. The van der Waals surface area contributed by atoms with Crippen molar-refractivity contribution in [3.8, 4) is 27.3 Å². The standard InChI is InChI=1S/C60H70ClFN10O10S/c1-35(2)52(50-27-36(3)68-82-50)59(78)72-32-43(75)30-49(72)58(77)65-48(39-11-13-40(14-12-39)56-37(4)64-34-83-56)33-81-26-25-80-24-23-79-22-21-69(6)51(76)15-16-63-60-66-55-46(57(67-60)71-19-17-70(18-20-71)38(5)73)31-47(61)53(54(55)62)45-29-42(74)28-41-9-7-8-10-44(41)45/h7-14,27-29,31,34-35,43,48-49,52,74-75H,15-26,30,32-33H2,1-6H3,(H,65,77)(H,63,66,67)/t43?,48-,49?,52+/m0/s1. The number of aliphatic hydroxyl groups excluding tert-OH is 1. The maximum atomic E-state index is 17.0. The highest BCUT2D eigenvalue weighted by Gasteiger charge is 2.44. The van der Waals surface area contributed by atoms with Gasteiger partial charge in [0.05, 0.1) is 78.6 Å². The first kappa shape index (κ1) is 60.3. The zero-order chi connectivity index (χ0) is 58.9. The number of fused-ring (bicyclic) bond motifs is 2. The summed E-state index contributed by atoms with van der Waals surface area (Å²) in [5, 5.41) is 33.5. The van der Waals surface area contributed by atoms with Gasteiger partial charge in [-0.25, -0.2) is 14.4 Å². The smallest absolute Gasteiger partial charge is 0.243 e. The SMILES string of the molecule is CC(=O)N1CCN(c2nc(NCCC(=O)N(C)CCOCCOCCOC[C@H](NC(=O)C3CC(O)CN3C(=O)[C@@H](c3cc(C)no3)C(C)C)c3ccc(-c4scnc4C)cc3)nc3c(F)c(-c4cc(O)cc5ccccc45)c(Cl)cc23)CC1. The highest BCUT2D eigenvalue weighted by Crippen LogP contribution is 2.43. The van der Waals surface area contributed by atoms with Gasteiger partial charge in [0.1, 0.15) is 34.8 Å². The maximum Gasteiger partial charge on any atom is 0.243 e. The minimum atomic E-state index is -0.924. The van der Waals surface area contributed by atoms with Crippen LogP contribution in [-0.2, 0) is 33.4 Å². The number of nitrogens with zero attached hydrogens (tertiary/aromatic N) is 8. The summed E-state index contributed by atoms with van der Waals surface area (Å²) in [7, 11) is 1.68. The number of hydrogen-bond acceptors (Lipinski definition) is 17. The average molecular weight is 1180 g/mol. The fourth-order valence-corrected chi connectivity index (χ4v) is 11.7. The van der Waals surface area contributed by atoms with E-state index in [9.17, 15) is 29.4 Å². The lowest BCUT2D eigenvalue weighted by Crippen LogP contribution is -2.49. The number of aliphatic hydroxyl groups is 1. The first-order valence-corrected chi connectivity index (χ1v) is 29.1.